The molecule has 0 saturated carbocycles. The molecule has 3 atom stereocenters. The molecule has 0 aromatic heterocycles. The summed E-state index contributed by atoms with van der Waals surface area (Å²) in [7, 11) is 0. The fraction of sp³-hybridized carbons (Fsp3) is 0.500. The lowest BCUT2D eigenvalue weighted by atomic mass is 10.0. The van der Waals surface area contributed by atoms with Gasteiger partial charge in [-0.05, 0) is 31.0 Å². The summed E-state index contributed by atoms with van der Waals surface area (Å²) in [5.74, 6) is -1.26. The van der Waals surface area contributed by atoms with E-state index in [9.17, 15) is 24.1 Å². The van der Waals surface area contributed by atoms with E-state index in [1.807, 2.05) is 0 Å². The molecule has 22 heavy (non-hydrogen) atoms. The maximum absolute atomic E-state index is 14.0. The molecular formula is C16H21F2NO3. The lowest BCUT2D eigenvalue weighted by Crippen LogP contribution is -2.55. The molecule has 1 aliphatic rings. The molecule has 0 spiro atoms. The second-order valence-corrected chi connectivity index (χ2v) is 5.83. The van der Waals surface area contributed by atoms with Gasteiger partial charge in [0.25, 0.3) is 0 Å². The van der Waals surface area contributed by atoms with Crippen LogP contribution in [0.3, 0.4) is 0 Å². The van der Waals surface area contributed by atoms with Gasteiger partial charge in [-0.1, -0.05) is 12.2 Å². The number of rotatable bonds is 4. The zero-order chi connectivity index (χ0) is 16.4. The highest BCUT2D eigenvalue weighted by Gasteiger charge is 2.33. The molecule has 4 nitrogen and oxygen atoms in total. The Kier molecular flexibility index (Phi) is 5.28. The van der Waals surface area contributed by atoms with Crippen molar-refractivity contribution in [3.63, 3.8) is 0 Å². The molecule has 0 radical (unpaired) electrons. The number of likely N-dealkylation sites (tertiary alicyclic amines) is 1. The van der Waals surface area contributed by atoms with Crippen molar-refractivity contribution in [2.45, 2.75) is 31.7 Å². The summed E-state index contributed by atoms with van der Waals surface area (Å²) in [4.78, 5) is 1.67. The van der Waals surface area contributed by atoms with E-state index in [0.717, 1.165) is 0 Å². The molecule has 1 unspecified atom stereocenters. The summed E-state index contributed by atoms with van der Waals surface area (Å²) in [6, 6.07) is 2.51. The highest BCUT2D eigenvalue weighted by Crippen LogP contribution is 2.21. The van der Waals surface area contributed by atoms with Gasteiger partial charge in [0.1, 0.15) is 17.7 Å². The first-order valence-corrected chi connectivity index (χ1v) is 7.20. The van der Waals surface area contributed by atoms with Gasteiger partial charge in [-0.15, -0.1) is 0 Å². The van der Waals surface area contributed by atoms with E-state index in [1.54, 1.807) is 11.8 Å². The largest absolute Gasteiger partial charge is 0.389 e. The number of halogens is 2. The van der Waals surface area contributed by atoms with Gasteiger partial charge in [-0.2, -0.15) is 0 Å². The minimum Gasteiger partial charge on any atom is -0.389 e. The molecule has 1 fully saturated rings. The van der Waals surface area contributed by atoms with Crippen molar-refractivity contribution in [1.29, 1.82) is 0 Å². The van der Waals surface area contributed by atoms with Crippen molar-refractivity contribution in [3.05, 3.63) is 41.5 Å². The molecule has 3 N–H and O–H groups in total. The predicted molar refractivity (Wildman–Crippen MR) is 79.2 cm³/mol. The second-order valence-electron chi connectivity index (χ2n) is 5.83. The number of piperidine rings is 1. The van der Waals surface area contributed by atoms with Crippen molar-refractivity contribution < 1.29 is 24.1 Å². The second kappa shape index (κ2) is 6.83. The van der Waals surface area contributed by atoms with Gasteiger partial charge in [0, 0.05) is 25.2 Å². The monoisotopic (exact) mass is 313 g/mol. The van der Waals surface area contributed by atoms with E-state index >= 15 is 0 Å². The standard InChI is InChI=1S/C16H21F2NO3/c1-9(2)10-5-12(17)11(13(18)6-10)3-4-19-7-14(20)16(22)15(21)8-19/h5-6,14-16,20-22H,1,3-4,7-8H2,2H3/t14-,15+,16?. The van der Waals surface area contributed by atoms with Crippen LogP contribution in [0.1, 0.15) is 18.1 Å². The third kappa shape index (κ3) is 3.70. The fourth-order valence-corrected chi connectivity index (χ4v) is 2.62. The highest BCUT2D eigenvalue weighted by molar-refractivity contribution is 5.61. The van der Waals surface area contributed by atoms with E-state index in [1.165, 1.54) is 12.1 Å². The van der Waals surface area contributed by atoms with E-state index in [4.69, 9.17) is 0 Å². The van der Waals surface area contributed by atoms with Crippen LogP contribution in [0.5, 0.6) is 0 Å². The first-order valence-electron chi connectivity index (χ1n) is 7.20. The maximum atomic E-state index is 14.0. The normalized spacial score (nSPS) is 26.2. The lowest BCUT2D eigenvalue weighted by Gasteiger charge is -2.36. The zero-order valence-electron chi connectivity index (χ0n) is 12.5. The molecule has 122 valence electrons. The minimum atomic E-state index is -1.18. The molecular weight excluding hydrogens is 292 g/mol. The predicted octanol–water partition coefficient (Wildman–Crippen LogP) is 0.939. The quantitative estimate of drug-likeness (QED) is 0.774. The van der Waals surface area contributed by atoms with Crippen LogP contribution >= 0.6 is 0 Å². The van der Waals surface area contributed by atoms with Crippen molar-refractivity contribution >= 4 is 5.57 Å². The number of β-amino-alcohol motifs (C(OH)–C–C–N with tert-alkyl or cyclic N) is 2. The number of hydrogen-bond acceptors (Lipinski definition) is 4. The van der Waals surface area contributed by atoms with E-state index < -0.39 is 29.9 Å². The first kappa shape index (κ1) is 17.0. The van der Waals surface area contributed by atoms with Crippen LogP contribution < -0.4 is 0 Å². The Bertz CT molecular complexity index is 529. The SMILES string of the molecule is C=C(C)c1cc(F)c(CCN2C[C@@H](O)C(O)[C@@H](O)C2)c(F)c1. The van der Waals surface area contributed by atoms with Gasteiger partial charge in [0.05, 0.1) is 12.2 Å². The third-order valence-corrected chi connectivity index (χ3v) is 3.99. The maximum Gasteiger partial charge on any atom is 0.129 e. The molecule has 0 aliphatic carbocycles. The number of benzene rings is 1. The van der Waals surface area contributed by atoms with Crippen LogP contribution in [0.4, 0.5) is 8.78 Å². The Morgan fingerprint density at radius 3 is 2.14 bits per heavy atom. The summed E-state index contributed by atoms with van der Waals surface area (Å²) >= 11 is 0. The average molecular weight is 313 g/mol. The van der Waals surface area contributed by atoms with Crippen LogP contribution in [-0.2, 0) is 6.42 Å². The molecule has 1 heterocycles. The Morgan fingerprint density at radius 2 is 1.68 bits per heavy atom. The van der Waals surface area contributed by atoms with E-state index in [-0.39, 0.29) is 31.6 Å². The smallest absolute Gasteiger partial charge is 0.129 e. The number of aliphatic hydroxyl groups is 3. The summed E-state index contributed by atoms with van der Waals surface area (Å²) in [5.41, 5.74) is 0.978. The Morgan fingerprint density at radius 1 is 1.18 bits per heavy atom. The average Bonchev–Trinajstić information content (AvgIpc) is 2.43. The molecule has 1 aliphatic heterocycles. The summed E-state index contributed by atoms with van der Waals surface area (Å²) < 4.78 is 28.0. The topological polar surface area (TPSA) is 63.9 Å². The van der Waals surface area contributed by atoms with Crippen LogP contribution in [0.2, 0.25) is 0 Å². The third-order valence-electron chi connectivity index (χ3n) is 3.99. The van der Waals surface area contributed by atoms with Crippen LogP contribution in [-0.4, -0.2) is 58.2 Å². The fourth-order valence-electron chi connectivity index (χ4n) is 2.62. The number of allylic oxidation sites excluding steroid dienone is 1. The van der Waals surface area contributed by atoms with E-state index in [0.29, 0.717) is 11.1 Å². The molecule has 1 aromatic carbocycles. The molecule has 6 heteroatoms. The summed E-state index contributed by atoms with van der Waals surface area (Å²) in [6.07, 6.45) is -3.20. The number of nitrogens with zero attached hydrogens (tertiary/aromatic N) is 1. The Hall–Kier alpha value is -1.34. The van der Waals surface area contributed by atoms with E-state index in [2.05, 4.69) is 6.58 Å². The Balaban J connectivity index is 2.04. The molecule has 1 saturated heterocycles. The van der Waals surface area contributed by atoms with Crippen molar-refractivity contribution in [2.24, 2.45) is 0 Å². The van der Waals surface area contributed by atoms with Gasteiger partial charge in [-0.3, -0.25) is 4.90 Å². The molecule has 1 aromatic rings. The Labute approximate surface area is 128 Å². The van der Waals surface area contributed by atoms with Gasteiger partial charge < -0.3 is 15.3 Å². The van der Waals surface area contributed by atoms with Crippen molar-refractivity contribution in [3.8, 4) is 0 Å². The zero-order valence-corrected chi connectivity index (χ0v) is 12.5. The van der Waals surface area contributed by atoms with Crippen LogP contribution in [0.25, 0.3) is 5.57 Å². The first-order chi connectivity index (χ1) is 10.3. The molecule has 0 amide bonds. The molecule has 0 bridgehead atoms. The summed E-state index contributed by atoms with van der Waals surface area (Å²) in [5, 5.41) is 28.7. The van der Waals surface area contributed by atoms with Crippen molar-refractivity contribution in [1.82, 2.24) is 4.90 Å². The number of aliphatic hydroxyl groups excluding tert-OH is 3. The highest BCUT2D eigenvalue weighted by atomic mass is 19.1. The molecule has 2 rings (SSSR count). The van der Waals surface area contributed by atoms with Gasteiger partial charge in [0.2, 0.25) is 0 Å². The van der Waals surface area contributed by atoms with Crippen molar-refractivity contribution in [2.75, 3.05) is 19.6 Å². The van der Waals surface area contributed by atoms with Crippen LogP contribution in [0.15, 0.2) is 18.7 Å². The van der Waals surface area contributed by atoms with Gasteiger partial charge in [0.15, 0.2) is 0 Å². The van der Waals surface area contributed by atoms with Gasteiger partial charge in [-0.25, -0.2) is 8.78 Å². The minimum absolute atomic E-state index is 0.0277. The van der Waals surface area contributed by atoms with Gasteiger partial charge >= 0.3 is 0 Å². The van der Waals surface area contributed by atoms with Crippen LogP contribution in [0, 0.1) is 11.6 Å². The summed E-state index contributed by atoms with van der Waals surface area (Å²) in [6.45, 7) is 5.93. The number of hydrogen-bond donors (Lipinski definition) is 3. The lowest BCUT2D eigenvalue weighted by molar-refractivity contribution is -0.109.